The number of aryl methyl sites for hydroxylation is 1. The van der Waals surface area contributed by atoms with Crippen LogP contribution < -0.4 is 16.0 Å². The van der Waals surface area contributed by atoms with Gasteiger partial charge in [-0.3, -0.25) is 9.59 Å². The summed E-state index contributed by atoms with van der Waals surface area (Å²) in [5, 5.41) is 8.78. The number of hydrogen-bond acceptors (Lipinski definition) is 3. The van der Waals surface area contributed by atoms with Crippen molar-refractivity contribution < 1.29 is 9.59 Å². The van der Waals surface area contributed by atoms with Crippen LogP contribution in [0.1, 0.15) is 43.1 Å². The third-order valence-corrected chi connectivity index (χ3v) is 2.94. The van der Waals surface area contributed by atoms with Gasteiger partial charge in [0.2, 0.25) is 5.91 Å². The molecule has 116 valence electrons. The number of rotatable bonds is 7. The van der Waals surface area contributed by atoms with Crippen molar-refractivity contribution in [3.05, 3.63) is 29.3 Å². The minimum absolute atomic E-state index is 0.0519. The zero-order valence-corrected chi connectivity index (χ0v) is 13.2. The second-order valence-corrected chi connectivity index (χ2v) is 5.29. The molecule has 0 bridgehead atoms. The van der Waals surface area contributed by atoms with Gasteiger partial charge in [-0.2, -0.15) is 0 Å². The van der Waals surface area contributed by atoms with Crippen LogP contribution in [0.5, 0.6) is 0 Å². The first-order valence-corrected chi connectivity index (χ1v) is 7.36. The lowest BCUT2D eigenvalue weighted by molar-refractivity contribution is -0.121. The standard InChI is InChI=1S/C16H25N3O2/c1-5-17-14-7-6-13(10-12(14)4)16(21)18-9-8-15(20)19-11(2)3/h6-7,10-11,17H,5,8-9H2,1-4H3,(H,18,21)(H,19,20). The Morgan fingerprint density at radius 1 is 1.24 bits per heavy atom. The van der Waals surface area contributed by atoms with Crippen LogP contribution in [0.25, 0.3) is 0 Å². The van der Waals surface area contributed by atoms with Gasteiger partial charge in [0.15, 0.2) is 0 Å². The van der Waals surface area contributed by atoms with E-state index >= 15 is 0 Å². The minimum Gasteiger partial charge on any atom is -0.385 e. The highest BCUT2D eigenvalue weighted by molar-refractivity contribution is 5.95. The smallest absolute Gasteiger partial charge is 0.251 e. The van der Waals surface area contributed by atoms with Crippen LogP contribution in [0.2, 0.25) is 0 Å². The largest absolute Gasteiger partial charge is 0.385 e. The summed E-state index contributed by atoms with van der Waals surface area (Å²) in [6.45, 7) is 8.99. The molecule has 0 aromatic heterocycles. The second-order valence-electron chi connectivity index (χ2n) is 5.29. The molecule has 0 spiro atoms. The Morgan fingerprint density at radius 3 is 2.52 bits per heavy atom. The summed E-state index contributed by atoms with van der Waals surface area (Å²) in [4.78, 5) is 23.5. The Balaban J connectivity index is 2.49. The molecular formula is C16H25N3O2. The van der Waals surface area contributed by atoms with E-state index in [1.54, 1.807) is 6.07 Å². The fraction of sp³-hybridized carbons (Fsp3) is 0.500. The monoisotopic (exact) mass is 291 g/mol. The molecule has 0 fully saturated rings. The Hall–Kier alpha value is -2.04. The van der Waals surface area contributed by atoms with Gasteiger partial charge in [-0.1, -0.05) is 0 Å². The van der Waals surface area contributed by atoms with Gasteiger partial charge < -0.3 is 16.0 Å². The predicted molar refractivity (Wildman–Crippen MR) is 85.6 cm³/mol. The molecule has 2 amide bonds. The van der Waals surface area contributed by atoms with E-state index in [4.69, 9.17) is 0 Å². The minimum atomic E-state index is -0.154. The molecule has 0 aliphatic heterocycles. The highest BCUT2D eigenvalue weighted by atomic mass is 16.2. The molecular weight excluding hydrogens is 266 g/mol. The van der Waals surface area contributed by atoms with Crippen molar-refractivity contribution in [2.24, 2.45) is 0 Å². The molecule has 5 nitrogen and oxygen atoms in total. The van der Waals surface area contributed by atoms with Crippen molar-refractivity contribution in [3.8, 4) is 0 Å². The fourth-order valence-corrected chi connectivity index (χ4v) is 1.98. The lowest BCUT2D eigenvalue weighted by Crippen LogP contribution is -2.34. The van der Waals surface area contributed by atoms with Crippen molar-refractivity contribution in [1.82, 2.24) is 10.6 Å². The van der Waals surface area contributed by atoms with Gasteiger partial charge in [0.05, 0.1) is 0 Å². The molecule has 0 heterocycles. The molecule has 21 heavy (non-hydrogen) atoms. The van der Waals surface area contributed by atoms with Crippen LogP contribution in [0.15, 0.2) is 18.2 Å². The summed E-state index contributed by atoms with van der Waals surface area (Å²) in [6.07, 6.45) is 0.290. The summed E-state index contributed by atoms with van der Waals surface area (Å²) >= 11 is 0. The van der Waals surface area contributed by atoms with Gasteiger partial charge in [-0.05, 0) is 51.5 Å². The Bertz CT molecular complexity index is 498. The number of hydrogen-bond donors (Lipinski definition) is 3. The molecule has 0 atom stereocenters. The van der Waals surface area contributed by atoms with Crippen LogP contribution in [-0.4, -0.2) is 30.9 Å². The van der Waals surface area contributed by atoms with E-state index in [1.807, 2.05) is 39.8 Å². The highest BCUT2D eigenvalue weighted by Gasteiger charge is 2.08. The molecule has 1 rings (SSSR count). The van der Waals surface area contributed by atoms with Crippen molar-refractivity contribution in [1.29, 1.82) is 0 Å². The quantitative estimate of drug-likeness (QED) is 0.720. The third-order valence-electron chi connectivity index (χ3n) is 2.94. The molecule has 0 aliphatic rings. The van der Waals surface area contributed by atoms with Crippen molar-refractivity contribution >= 4 is 17.5 Å². The third kappa shape index (κ3) is 5.85. The molecule has 1 aromatic carbocycles. The maximum atomic E-state index is 12.0. The lowest BCUT2D eigenvalue weighted by Gasteiger charge is -2.11. The molecule has 1 aromatic rings. The second kappa shape index (κ2) is 8.29. The summed E-state index contributed by atoms with van der Waals surface area (Å²) in [5.74, 6) is -0.206. The van der Waals surface area contributed by atoms with Gasteiger partial charge in [0, 0.05) is 36.8 Å². The summed E-state index contributed by atoms with van der Waals surface area (Å²) in [7, 11) is 0. The predicted octanol–water partition coefficient (Wildman–Crippen LogP) is 2.07. The van der Waals surface area contributed by atoms with E-state index in [9.17, 15) is 9.59 Å². The number of carbonyl (C=O) groups excluding carboxylic acids is 2. The first kappa shape index (κ1) is 17.0. The van der Waals surface area contributed by atoms with Crippen molar-refractivity contribution in [2.45, 2.75) is 40.2 Å². The van der Waals surface area contributed by atoms with Crippen LogP contribution in [0.3, 0.4) is 0 Å². The fourth-order valence-electron chi connectivity index (χ4n) is 1.98. The number of benzene rings is 1. The van der Waals surface area contributed by atoms with E-state index in [2.05, 4.69) is 16.0 Å². The first-order chi connectivity index (χ1) is 9.93. The van der Waals surface area contributed by atoms with E-state index in [0.717, 1.165) is 17.8 Å². The zero-order valence-electron chi connectivity index (χ0n) is 13.2. The Kier molecular flexibility index (Phi) is 6.72. The van der Waals surface area contributed by atoms with Crippen LogP contribution in [-0.2, 0) is 4.79 Å². The maximum absolute atomic E-state index is 12.0. The van der Waals surface area contributed by atoms with Crippen LogP contribution in [0, 0.1) is 6.92 Å². The number of nitrogens with one attached hydrogen (secondary N) is 3. The maximum Gasteiger partial charge on any atom is 0.251 e. The average molecular weight is 291 g/mol. The SMILES string of the molecule is CCNc1ccc(C(=O)NCCC(=O)NC(C)C)cc1C. The van der Waals surface area contributed by atoms with Crippen molar-refractivity contribution in [2.75, 3.05) is 18.4 Å². The van der Waals surface area contributed by atoms with E-state index in [1.165, 1.54) is 0 Å². The molecule has 0 saturated carbocycles. The first-order valence-electron chi connectivity index (χ1n) is 7.36. The topological polar surface area (TPSA) is 70.2 Å². The summed E-state index contributed by atoms with van der Waals surface area (Å²) < 4.78 is 0. The molecule has 5 heteroatoms. The number of amides is 2. The van der Waals surface area contributed by atoms with Gasteiger partial charge in [-0.15, -0.1) is 0 Å². The Morgan fingerprint density at radius 2 is 1.95 bits per heavy atom. The number of carbonyl (C=O) groups is 2. The number of anilines is 1. The van der Waals surface area contributed by atoms with Gasteiger partial charge in [-0.25, -0.2) is 0 Å². The van der Waals surface area contributed by atoms with Gasteiger partial charge in [0.25, 0.3) is 5.91 Å². The summed E-state index contributed by atoms with van der Waals surface area (Å²) in [6, 6.07) is 5.66. The highest BCUT2D eigenvalue weighted by Crippen LogP contribution is 2.16. The van der Waals surface area contributed by atoms with Crippen LogP contribution >= 0.6 is 0 Å². The lowest BCUT2D eigenvalue weighted by atomic mass is 10.1. The van der Waals surface area contributed by atoms with Crippen LogP contribution in [0.4, 0.5) is 5.69 Å². The van der Waals surface area contributed by atoms with E-state index in [0.29, 0.717) is 18.5 Å². The Labute approximate surface area is 126 Å². The molecule has 3 N–H and O–H groups in total. The molecule has 0 saturated heterocycles. The van der Waals surface area contributed by atoms with E-state index in [-0.39, 0.29) is 17.9 Å². The van der Waals surface area contributed by atoms with Gasteiger partial charge in [0.1, 0.15) is 0 Å². The normalized spacial score (nSPS) is 10.3. The zero-order chi connectivity index (χ0) is 15.8. The summed E-state index contributed by atoms with van der Waals surface area (Å²) in [5.41, 5.74) is 2.67. The van der Waals surface area contributed by atoms with E-state index < -0.39 is 0 Å². The molecule has 0 radical (unpaired) electrons. The van der Waals surface area contributed by atoms with Gasteiger partial charge >= 0.3 is 0 Å². The average Bonchev–Trinajstić information content (AvgIpc) is 2.40. The van der Waals surface area contributed by atoms with Crippen molar-refractivity contribution in [3.63, 3.8) is 0 Å². The molecule has 0 aliphatic carbocycles. The molecule has 0 unspecified atom stereocenters.